The highest BCUT2D eigenvalue weighted by Gasteiger charge is 2.44. The molecule has 0 bridgehead atoms. The van der Waals surface area contributed by atoms with Crippen LogP contribution in [0.2, 0.25) is 0 Å². The normalized spacial score (nSPS) is 14.2. The maximum Gasteiger partial charge on any atom is 0.551 e. The number of hydrogen-bond donors (Lipinski definition) is 0. The molecule has 0 aromatic heterocycles. The fourth-order valence-corrected chi connectivity index (χ4v) is 3.80. The van der Waals surface area contributed by atoms with Crippen molar-refractivity contribution in [1.29, 1.82) is 0 Å². The average molecular weight is 437 g/mol. The summed E-state index contributed by atoms with van der Waals surface area (Å²) in [5.41, 5.74) is 1.77. The van der Waals surface area contributed by atoms with Crippen LogP contribution in [0.15, 0.2) is 53.4 Å². The van der Waals surface area contributed by atoms with E-state index in [1.54, 1.807) is 52.1 Å². The third-order valence-electron chi connectivity index (χ3n) is 4.17. The zero-order valence-electron chi connectivity index (χ0n) is 18.3. The van der Waals surface area contributed by atoms with E-state index < -0.39 is 26.5 Å². The first-order chi connectivity index (χ1) is 13.8. The maximum absolute atomic E-state index is 13.0. The molecule has 2 rings (SSSR count). The summed E-state index contributed by atoms with van der Waals surface area (Å²) in [6, 6.07) is 13.5. The van der Waals surface area contributed by atoms with E-state index in [1.165, 1.54) is 19.2 Å². The van der Waals surface area contributed by atoms with Gasteiger partial charge in [-0.05, 0) is 45.4 Å². The van der Waals surface area contributed by atoms with Crippen LogP contribution < -0.4 is 0 Å². The Hall–Kier alpha value is -2.26. The topological polar surface area (TPSA) is 78.9 Å². The summed E-state index contributed by atoms with van der Waals surface area (Å²) in [6.07, 6.45) is -0.806. The van der Waals surface area contributed by atoms with Gasteiger partial charge in [0, 0.05) is 12.7 Å². The summed E-state index contributed by atoms with van der Waals surface area (Å²) in [6.45, 7) is 7.41. The molecule has 0 N–H and O–H groups in total. The predicted molar refractivity (Wildman–Crippen MR) is 113 cm³/mol. The Kier molecular flexibility index (Phi) is 7.41. The number of methoxy groups -OCH3 is 1. The van der Waals surface area contributed by atoms with Crippen LogP contribution in [0, 0.1) is 6.92 Å². The summed E-state index contributed by atoms with van der Waals surface area (Å²) >= 11 is 0. The van der Waals surface area contributed by atoms with E-state index in [4.69, 9.17) is 13.8 Å². The summed E-state index contributed by atoms with van der Waals surface area (Å²) in [7, 11) is -1.24. The minimum Gasteiger partial charge on any atom is -0.412 e. The number of ether oxygens (including phenoxy) is 2. The Morgan fingerprint density at radius 3 is 2.00 bits per heavy atom. The van der Waals surface area contributed by atoms with Crippen molar-refractivity contribution in [3.05, 3.63) is 65.2 Å². The standard InChI is InChI=1S/C22H30NO6S/c1-17-7-13-20(14-8-17)30(25,26)29-23(5,21(24)28-22(2,3)4)15-18-9-11-19(12-10-18)16-27-6/h7-14H,15-16H2,1-6H3/q+1. The van der Waals surface area contributed by atoms with Gasteiger partial charge in [0.2, 0.25) is 0 Å². The largest absolute Gasteiger partial charge is 0.551 e. The van der Waals surface area contributed by atoms with Crippen LogP contribution in [0.3, 0.4) is 0 Å². The molecule has 0 heterocycles. The minimum atomic E-state index is -4.22. The summed E-state index contributed by atoms with van der Waals surface area (Å²) in [5, 5.41) is 0. The van der Waals surface area contributed by atoms with E-state index in [0.717, 1.165) is 11.1 Å². The molecule has 0 aliphatic carbocycles. The molecule has 30 heavy (non-hydrogen) atoms. The molecule has 0 saturated carbocycles. The highest BCUT2D eigenvalue weighted by Crippen LogP contribution is 2.25. The van der Waals surface area contributed by atoms with E-state index >= 15 is 0 Å². The Bertz CT molecular complexity index is 962. The summed E-state index contributed by atoms with van der Waals surface area (Å²) in [5.74, 6) is 0. The number of nitrogens with zero attached hydrogens (tertiary/aromatic N) is 1. The number of hydroxylamine groups is 3. The number of aryl methyl sites for hydroxylation is 1. The number of hydrogen-bond acceptors (Lipinski definition) is 6. The number of carbonyl (C=O) groups excluding carboxylic acids is 1. The van der Waals surface area contributed by atoms with Gasteiger partial charge in [-0.15, -0.1) is 0 Å². The Morgan fingerprint density at radius 1 is 0.967 bits per heavy atom. The van der Waals surface area contributed by atoms with Gasteiger partial charge in [-0.2, -0.15) is 13.2 Å². The highest BCUT2D eigenvalue weighted by molar-refractivity contribution is 7.86. The van der Waals surface area contributed by atoms with Crippen molar-refractivity contribution in [3.63, 3.8) is 0 Å². The number of benzene rings is 2. The molecule has 0 aliphatic heterocycles. The highest BCUT2D eigenvalue weighted by atomic mass is 32.2. The van der Waals surface area contributed by atoms with Gasteiger partial charge < -0.3 is 9.47 Å². The molecular formula is C22H30NO6S+. The third kappa shape index (κ3) is 6.63. The fraction of sp³-hybridized carbons (Fsp3) is 0.409. The lowest BCUT2D eigenvalue weighted by Crippen LogP contribution is -2.51. The van der Waals surface area contributed by atoms with Crippen molar-refractivity contribution >= 4 is 16.2 Å². The first-order valence-corrected chi connectivity index (χ1v) is 10.9. The van der Waals surface area contributed by atoms with Gasteiger partial charge >= 0.3 is 16.2 Å². The molecule has 0 saturated heterocycles. The molecule has 1 unspecified atom stereocenters. The van der Waals surface area contributed by atoms with Gasteiger partial charge in [0.15, 0.2) is 0 Å². The van der Waals surface area contributed by atoms with E-state index in [9.17, 15) is 13.2 Å². The SMILES string of the molecule is COCc1ccc(C[N+](C)(OS(=O)(=O)c2ccc(C)cc2)C(=O)OC(C)(C)C)cc1. The molecule has 7 nitrogen and oxygen atoms in total. The van der Waals surface area contributed by atoms with Crippen molar-refractivity contribution in [2.45, 2.75) is 51.3 Å². The Balaban J connectivity index is 2.37. The minimum absolute atomic E-state index is 0.0311. The lowest BCUT2D eigenvalue weighted by molar-refractivity contribution is -1.01. The van der Waals surface area contributed by atoms with Crippen molar-refractivity contribution in [2.75, 3.05) is 14.2 Å². The fourth-order valence-electron chi connectivity index (χ4n) is 2.70. The van der Waals surface area contributed by atoms with Crippen molar-refractivity contribution < 1.29 is 31.6 Å². The molecule has 1 amide bonds. The Morgan fingerprint density at radius 2 is 1.50 bits per heavy atom. The van der Waals surface area contributed by atoms with E-state index in [2.05, 4.69) is 0 Å². The van der Waals surface area contributed by atoms with E-state index in [-0.39, 0.29) is 11.4 Å². The first kappa shape index (κ1) is 24.0. The van der Waals surface area contributed by atoms with E-state index in [1.807, 2.05) is 19.1 Å². The van der Waals surface area contributed by atoms with Crippen molar-refractivity contribution in [2.24, 2.45) is 0 Å². The van der Waals surface area contributed by atoms with Crippen LogP contribution in [0.25, 0.3) is 0 Å². The number of rotatable bonds is 7. The van der Waals surface area contributed by atoms with Crippen LogP contribution in [-0.2, 0) is 37.0 Å². The second-order valence-corrected chi connectivity index (χ2v) is 9.86. The molecule has 164 valence electrons. The second-order valence-electron chi connectivity index (χ2n) is 8.33. The Labute approximate surface area is 178 Å². The van der Waals surface area contributed by atoms with E-state index in [0.29, 0.717) is 12.2 Å². The monoisotopic (exact) mass is 436 g/mol. The molecular weight excluding hydrogens is 406 g/mol. The zero-order valence-corrected chi connectivity index (χ0v) is 19.2. The molecule has 2 aromatic rings. The number of quaternary nitrogens is 1. The van der Waals surface area contributed by atoms with Crippen molar-refractivity contribution in [1.82, 2.24) is 0 Å². The average Bonchev–Trinajstić information content (AvgIpc) is 2.62. The second kappa shape index (κ2) is 9.26. The molecule has 0 radical (unpaired) electrons. The van der Waals surface area contributed by atoms with Gasteiger partial charge in [0.05, 0.1) is 11.5 Å². The van der Waals surface area contributed by atoms with Gasteiger partial charge in [0.25, 0.3) is 0 Å². The van der Waals surface area contributed by atoms with Gasteiger partial charge in [-0.25, -0.2) is 0 Å². The summed E-state index contributed by atoms with van der Waals surface area (Å²) < 4.78 is 40.9. The lowest BCUT2D eigenvalue weighted by Gasteiger charge is -2.29. The maximum atomic E-state index is 13.0. The molecule has 1 atom stereocenters. The third-order valence-corrected chi connectivity index (χ3v) is 5.55. The zero-order chi connectivity index (χ0) is 22.6. The van der Waals surface area contributed by atoms with Crippen molar-refractivity contribution in [3.8, 4) is 0 Å². The van der Waals surface area contributed by atoms with Gasteiger partial charge in [0.1, 0.15) is 19.2 Å². The van der Waals surface area contributed by atoms with Crippen LogP contribution in [0.1, 0.15) is 37.5 Å². The molecule has 2 aromatic carbocycles. The molecule has 0 spiro atoms. The predicted octanol–water partition coefficient (Wildman–Crippen LogP) is 4.34. The van der Waals surface area contributed by atoms with Gasteiger partial charge in [-0.1, -0.05) is 50.9 Å². The molecule has 0 fully saturated rings. The lowest BCUT2D eigenvalue weighted by atomic mass is 10.1. The van der Waals surface area contributed by atoms with Crippen LogP contribution in [-0.4, -0.2) is 38.9 Å². The number of amides is 1. The summed E-state index contributed by atoms with van der Waals surface area (Å²) in [4.78, 5) is 12.9. The quantitative estimate of drug-likeness (QED) is 0.474. The van der Waals surface area contributed by atoms with Crippen LogP contribution in [0.4, 0.5) is 4.79 Å². The molecule has 8 heteroatoms. The smallest absolute Gasteiger partial charge is 0.412 e. The van der Waals surface area contributed by atoms with Crippen LogP contribution in [0.5, 0.6) is 0 Å². The molecule has 0 aliphatic rings. The number of carbonyl (C=O) groups is 1. The van der Waals surface area contributed by atoms with Crippen LogP contribution >= 0.6 is 0 Å². The van der Waals surface area contributed by atoms with Gasteiger partial charge in [-0.3, -0.25) is 0 Å². The first-order valence-electron chi connectivity index (χ1n) is 9.53.